The number of hydrogen-bond donors (Lipinski definition) is 2. The lowest BCUT2D eigenvalue weighted by Gasteiger charge is -2.36. The second-order valence-corrected chi connectivity index (χ2v) is 5.09. The van der Waals surface area contributed by atoms with Gasteiger partial charge < -0.3 is 20.2 Å². The average Bonchev–Trinajstić information content (AvgIpc) is 2.48. The summed E-state index contributed by atoms with van der Waals surface area (Å²) in [4.78, 5) is 20.1. The molecule has 2 amide bonds. The van der Waals surface area contributed by atoms with E-state index in [-0.39, 0.29) is 12.6 Å². The van der Waals surface area contributed by atoms with E-state index < -0.39 is 0 Å². The highest BCUT2D eigenvalue weighted by Crippen LogP contribution is 2.16. The molecule has 1 aliphatic heterocycles. The number of amides is 2. The molecule has 1 saturated heterocycles. The van der Waals surface area contributed by atoms with Crippen LogP contribution in [0.25, 0.3) is 0 Å². The van der Waals surface area contributed by atoms with E-state index in [9.17, 15) is 4.79 Å². The predicted molar refractivity (Wildman–Crippen MR) is 77.6 cm³/mol. The molecule has 110 valence electrons. The van der Waals surface area contributed by atoms with Crippen LogP contribution in [0, 0.1) is 0 Å². The van der Waals surface area contributed by atoms with Crippen molar-refractivity contribution in [2.45, 2.75) is 18.9 Å². The van der Waals surface area contributed by atoms with Gasteiger partial charge in [0.2, 0.25) is 0 Å². The fourth-order valence-corrected chi connectivity index (χ4v) is 2.49. The van der Waals surface area contributed by atoms with Crippen molar-refractivity contribution < 1.29 is 9.90 Å². The minimum absolute atomic E-state index is 0.0683. The highest BCUT2D eigenvalue weighted by molar-refractivity contribution is 5.89. The molecule has 0 saturated carbocycles. The van der Waals surface area contributed by atoms with E-state index in [4.69, 9.17) is 5.11 Å². The van der Waals surface area contributed by atoms with E-state index in [1.807, 2.05) is 18.0 Å². The maximum absolute atomic E-state index is 12.1. The number of aliphatic hydroxyl groups excluding tert-OH is 1. The second kappa shape index (κ2) is 7.21. The maximum atomic E-state index is 12.1. The molecule has 0 unspecified atom stereocenters. The van der Waals surface area contributed by atoms with E-state index >= 15 is 0 Å². The summed E-state index contributed by atoms with van der Waals surface area (Å²) in [6, 6.07) is 4.00. The molecule has 2 rings (SSSR count). The van der Waals surface area contributed by atoms with Gasteiger partial charge in [0.25, 0.3) is 0 Å². The van der Waals surface area contributed by atoms with Crippen LogP contribution in [0.5, 0.6) is 0 Å². The van der Waals surface area contributed by atoms with E-state index in [1.165, 1.54) is 0 Å². The highest BCUT2D eigenvalue weighted by atomic mass is 16.3. The van der Waals surface area contributed by atoms with Gasteiger partial charge in [-0.15, -0.1) is 0 Å². The molecule has 6 heteroatoms. The molecular weight excluding hydrogens is 256 g/mol. The van der Waals surface area contributed by atoms with Crippen molar-refractivity contribution in [3.63, 3.8) is 0 Å². The molecule has 0 atom stereocenters. The summed E-state index contributed by atoms with van der Waals surface area (Å²) in [5.74, 6) is 0. The molecule has 6 nitrogen and oxygen atoms in total. The Morgan fingerprint density at radius 2 is 2.30 bits per heavy atom. The van der Waals surface area contributed by atoms with Crippen molar-refractivity contribution in [1.29, 1.82) is 0 Å². The van der Waals surface area contributed by atoms with Gasteiger partial charge in [0.05, 0.1) is 18.5 Å². The fourth-order valence-electron chi connectivity index (χ4n) is 2.49. The monoisotopic (exact) mass is 278 g/mol. The first-order chi connectivity index (χ1) is 9.70. The van der Waals surface area contributed by atoms with Gasteiger partial charge in [-0.05, 0) is 32.0 Å². The molecule has 1 aromatic rings. The third-order valence-electron chi connectivity index (χ3n) is 3.74. The number of aliphatic hydroxyl groups is 1. The van der Waals surface area contributed by atoms with E-state index in [0.29, 0.717) is 12.6 Å². The molecule has 2 heterocycles. The Kier molecular flexibility index (Phi) is 5.31. The summed E-state index contributed by atoms with van der Waals surface area (Å²) in [7, 11) is 2.02. The van der Waals surface area contributed by atoms with Crippen LogP contribution >= 0.6 is 0 Å². The van der Waals surface area contributed by atoms with Crippen molar-refractivity contribution in [2.24, 2.45) is 0 Å². The lowest BCUT2D eigenvalue weighted by Crippen LogP contribution is -2.47. The highest BCUT2D eigenvalue weighted by Gasteiger charge is 2.24. The molecule has 0 bridgehead atoms. The van der Waals surface area contributed by atoms with E-state index in [1.54, 1.807) is 18.5 Å². The van der Waals surface area contributed by atoms with Crippen LogP contribution < -0.4 is 5.32 Å². The lowest BCUT2D eigenvalue weighted by molar-refractivity contribution is 0.122. The third-order valence-corrected chi connectivity index (χ3v) is 3.74. The number of nitrogens with one attached hydrogen (secondary N) is 1. The van der Waals surface area contributed by atoms with Gasteiger partial charge in [0.15, 0.2) is 0 Å². The topological polar surface area (TPSA) is 68.7 Å². The Hall–Kier alpha value is -1.66. The smallest absolute Gasteiger partial charge is 0.321 e. The zero-order valence-corrected chi connectivity index (χ0v) is 11.8. The van der Waals surface area contributed by atoms with Gasteiger partial charge in [-0.3, -0.25) is 4.98 Å². The average molecular weight is 278 g/mol. The van der Waals surface area contributed by atoms with Crippen molar-refractivity contribution in [3.8, 4) is 0 Å². The summed E-state index contributed by atoms with van der Waals surface area (Å²) in [6.45, 7) is 2.35. The Morgan fingerprint density at radius 1 is 1.55 bits per heavy atom. The first kappa shape index (κ1) is 14.7. The molecular formula is C14H22N4O2. The number of hydrogen-bond acceptors (Lipinski definition) is 4. The molecule has 20 heavy (non-hydrogen) atoms. The quantitative estimate of drug-likeness (QED) is 0.862. The van der Waals surface area contributed by atoms with Crippen molar-refractivity contribution in [1.82, 2.24) is 14.8 Å². The Labute approximate surface area is 119 Å². The molecule has 1 aromatic heterocycles. The molecule has 2 N–H and O–H groups in total. The maximum Gasteiger partial charge on any atom is 0.321 e. The minimum atomic E-state index is -0.0683. The molecule has 0 aromatic carbocycles. The molecule has 0 aliphatic carbocycles. The van der Waals surface area contributed by atoms with Crippen LogP contribution in [0.4, 0.5) is 10.5 Å². The second-order valence-electron chi connectivity index (χ2n) is 5.09. The number of likely N-dealkylation sites (tertiary alicyclic amines) is 1. The number of nitrogens with zero attached hydrogens (tertiary/aromatic N) is 3. The molecule has 1 fully saturated rings. The summed E-state index contributed by atoms with van der Waals surface area (Å²) >= 11 is 0. The van der Waals surface area contributed by atoms with Gasteiger partial charge in [0.1, 0.15) is 0 Å². The molecule has 0 spiro atoms. The summed E-state index contributed by atoms with van der Waals surface area (Å²) in [5, 5.41) is 11.8. The van der Waals surface area contributed by atoms with Crippen LogP contribution in [0.15, 0.2) is 24.5 Å². The zero-order chi connectivity index (χ0) is 14.4. The first-order valence-corrected chi connectivity index (χ1v) is 6.97. The Bertz CT molecular complexity index is 418. The first-order valence-electron chi connectivity index (χ1n) is 6.97. The SMILES string of the molecule is CN(CCO)C1CCN(C(=O)Nc2cccnc2)CC1. The summed E-state index contributed by atoms with van der Waals surface area (Å²) in [6.07, 6.45) is 5.20. The van der Waals surface area contributed by atoms with Crippen LogP contribution in [0.2, 0.25) is 0 Å². The van der Waals surface area contributed by atoms with E-state index in [2.05, 4.69) is 15.2 Å². The number of piperidine rings is 1. The van der Waals surface area contributed by atoms with Gasteiger partial charge in [-0.2, -0.15) is 0 Å². The minimum Gasteiger partial charge on any atom is -0.395 e. The van der Waals surface area contributed by atoms with Crippen LogP contribution in [-0.2, 0) is 0 Å². The number of rotatable bonds is 4. The number of carbonyl (C=O) groups excluding carboxylic acids is 1. The van der Waals surface area contributed by atoms with Crippen molar-refractivity contribution in [3.05, 3.63) is 24.5 Å². The van der Waals surface area contributed by atoms with Gasteiger partial charge in [-0.25, -0.2) is 4.79 Å². The Balaban J connectivity index is 1.80. The van der Waals surface area contributed by atoms with Gasteiger partial charge >= 0.3 is 6.03 Å². The molecule has 0 radical (unpaired) electrons. The fraction of sp³-hybridized carbons (Fsp3) is 0.571. The summed E-state index contributed by atoms with van der Waals surface area (Å²) in [5.41, 5.74) is 0.719. The van der Waals surface area contributed by atoms with Crippen molar-refractivity contribution >= 4 is 11.7 Å². The zero-order valence-electron chi connectivity index (χ0n) is 11.8. The van der Waals surface area contributed by atoms with Crippen molar-refractivity contribution in [2.75, 3.05) is 38.6 Å². The number of carbonyl (C=O) groups is 1. The molecule has 1 aliphatic rings. The number of likely N-dealkylation sites (N-methyl/N-ethyl adjacent to an activating group) is 1. The van der Waals surface area contributed by atoms with Crippen LogP contribution in [0.1, 0.15) is 12.8 Å². The van der Waals surface area contributed by atoms with Crippen LogP contribution in [0.3, 0.4) is 0 Å². The normalized spacial score (nSPS) is 16.4. The number of urea groups is 1. The largest absolute Gasteiger partial charge is 0.395 e. The van der Waals surface area contributed by atoms with Gasteiger partial charge in [0, 0.05) is 31.9 Å². The number of aromatic nitrogens is 1. The number of pyridine rings is 1. The van der Waals surface area contributed by atoms with E-state index in [0.717, 1.165) is 31.6 Å². The predicted octanol–water partition coefficient (Wildman–Crippen LogP) is 1.00. The number of anilines is 1. The van der Waals surface area contributed by atoms with Crippen LogP contribution in [-0.4, -0.2) is 65.3 Å². The lowest BCUT2D eigenvalue weighted by atomic mass is 10.0. The standard InChI is InChI=1S/C14H22N4O2/c1-17(9-10-19)13-4-7-18(8-5-13)14(20)16-12-3-2-6-15-11-12/h2-3,6,11,13,19H,4-5,7-10H2,1H3,(H,16,20). The van der Waals surface area contributed by atoms with Gasteiger partial charge in [-0.1, -0.05) is 0 Å². The Morgan fingerprint density at radius 3 is 2.90 bits per heavy atom. The summed E-state index contributed by atoms with van der Waals surface area (Å²) < 4.78 is 0. The third kappa shape index (κ3) is 3.91.